The third-order valence-electron chi connectivity index (χ3n) is 2.58. The molecule has 1 aliphatic rings. The van der Waals surface area contributed by atoms with Gasteiger partial charge in [-0.1, -0.05) is 0 Å². The van der Waals surface area contributed by atoms with Crippen molar-refractivity contribution in [3.8, 4) is 5.88 Å². The van der Waals surface area contributed by atoms with Crippen LogP contribution >= 0.6 is 0 Å². The summed E-state index contributed by atoms with van der Waals surface area (Å²) in [4.78, 5) is 12.9. The van der Waals surface area contributed by atoms with Crippen molar-refractivity contribution in [1.82, 2.24) is 4.90 Å². The Morgan fingerprint density at radius 3 is 3.00 bits per heavy atom. The SMILES string of the molecule is COc1cccc2[n+]1C(C(=O)O)N(C)C2. The van der Waals surface area contributed by atoms with Crippen LogP contribution in [0.5, 0.6) is 5.88 Å². The van der Waals surface area contributed by atoms with Crippen LogP contribution in [0.1, 0.15) is 11.9 Å². The largest absolute Gasteiger partial charge is 0.475 e. The van der Waals surface area contributed by atoms with Crippen molar-refractivity contribution in [3.63, 3.8) is 0 Å². The molecular weight excluding hydrogens is 196 g/mol. The van der Waals surface area contributed by atoms with Crippen LogP contribution in [0.3, 0.4) is 0 Å². The normalized spacial score (nSPS) is 20.0. The first kappa shape index (κ1) is 9.92. The van der Waals surface area contributed by atoms with Gasteiger partial charge < -0.3 is 9.84 Å². The molecule has 0 aliphatic carbocycles. The summed E-state index contributed by atoms with van der Waals surface area (Å²) in [6, 6.07) is 5.53. The second-order valence-corrected chi connectivity index (χ2v) is 3.56. The van der Waals surface area contributed by atoms with Crippen molar-refractivity contribution >= 4 is 5.97 Å². The van der Waals surface area contributed by atoms with Crippen molar-refractivity contribution in [2.45, 2.75) is 12.7 Å². The van der Waals surface area contributed by atoms with E-state index >= 15 is 0 Å². The number of hydrogen-bond acceptors (Lipinski definition) is 3. The predicted molar refractivity (Wildman–Crippen MR) is 51.3 cm³/mol. The Balaban J connectivity index is 2.54. The highest BCUT2D eigenvalue weighted by Crippen LogP contribution is 2.20. The van der Waals surface area contributed by atoms with Crippen LogP contribution in [-0.4, -0.2) is 30.1 Å². The Labute approximate surface area is 87.5 Å². The molecule has 1 atom stereocenters. The molecule has 1 unspecified atom stereocenters. The van der Waals surface area contributed by atoms with Gasteiger partial charge in [-0.25, -0.2) is 9.69 Å². The van der Waals surface area contributed by atoms with Crippen LogP contribution in [0.15, 0.2) is 18.2 Å². The first-order valence-corrected chi connectivity index (χ1v) is 4.65. The summed E-state index contributed by atoms with van der Waals surface area (Å²) in [6.07, 6.45) is -0.670. The number of fused-ring (bicyclic) bond motifs is 1. The average Bonchev–Trinajstić information content (AvgIpc) is 2.53. The number of carboxylic acids is 1. The lowest BCUT2D eigenvalue weighted by atomic mass is 10.3. The summed E-state index contributed by atoms with van der Waals surface area (Å²) in [5, 5.41) is 9.13. The van der Waals surface area contributed by atoms with Crippen LogP contribution in [0.25, 0.3) is 0 Å². The molecule has 1 aliphatic heterocycles. The van der Waals surface area contributed by atoms with E-state index in [9.17, 15) is 4.79 Å². The van der Waals surface area contributed by atoms with Gasteiger partial charge in [0.05, 0.1) is 19.7 Å². The number of nitrogens with zero attached hydrogens (tertiary/aromatic N) is 2. The molecule has 0 bridgehead atoms. The molecule has 2 heterocycles. The minimum atomic E-state index is -0.870. The van der Waals surface area contributed by atoms with Crippen molar-refractivity contribution in [1.29, 1.82) is 0 Å². The van der Waals surface area contributed by atoms with Gasteiger partial charge in [0.25, 0.3) is 0 Å². The minimum Gasteiger partial charge on any atom is -0.475 e. The van der Waals surface area contributed by atoms with E-state index in [0.717, 1.165) is 5.69 Å². The Hall–Kier alpha value is -1.62. The van der Waals surface area contributed by atoms with Gasteiger partial charge in [0.15, 0.2) is 0 Å². The summed E-state index contributed by atoms with van der Waals surface area (Å²) in [5.74, 6) is -0.296. The lowest BCUT2D eigenvalue weighted by molar-refractivity contribution is -0.720. The first-order chi connectivity index (χ1) is 7.15. The molecule has 0 spiro atoms. The number of aliphatic carboxylic acids is 1. The molecule has 1 N–H and O–H groups in total. The number of rotatable bonds is 2. The zero-order valence-electron chi connectivity index (χ0n) is 8.67. The summed E-state index contributed by atoms with van der Waals surface area (Å²) < 4.78 is 6.86. The lowest BCUT2D eigenvalue weighted by Gasteiger charge is -2.10. The smallest absolute Gasteiger partial charge is 0.390 e. The first-order valence-electron chi connectivity index (χ1n) is 4.65. The summed E-state index contributed by atoms with van der Waals surface area (Å²) in [6.45, 7) is 0.619. The summed E-state index contributed by atoms with van der Waals surface area (Å²) >= 11 is 0. The van der Waals surface area contributed by atoms with E-state index in [1.165, 1.54) is 0 Å². The maximum absolute atomic E-state index is 11.1. The molecule has 5 heteroatoms. The second-order valence-electron chi connectivity index (χ2n) is 3.56. The third kappa shape index (κ3) is 1.45. The standard InChI is InChI=1S/C10H12N2O3/c1-11-6-7-4-3-5-8(15-2)12(7)9(11)10(13)14/h3-5,9H,6H2,1-2H3/p+1. The van der Waals surface area contributed by atoms with Gasteiger partial charge in [-0.2, -0.15) is 0 Å². The number of pyridine rings is 1. The molecular formula is C10H13N2O3+. The maximum atomic E-state index is 11.1. The van der Waals surface area contributed by atoms with E-state index in [4.69, 9.17) is 9.84 Å². The molecule has 0 aromatic carbocycles. The van der Waals surface area contributed by atoms with E-state index in [1.54, 1.807) is 29.7 Å². The molecule has 0 saturated heterocycles. The number of carbonyl (C=O) groups is 1. The fourth-order valence-corrected chi connectivity index (χ4v) is 1.95. The van der Waals surface area contributed by atoms with Gasteiger partial charge in [0.1, 0.15) is 0 Å². The number of ether oxygens (including phenoxy) is 1. The van der Waals surface area contributed by atoms with Gasteiger partial charge >= 0.3 is 18.0 Å². The van der Waals surface area contributed by atoms with Gasteiger partial charge in [0, 0.05) is 6.07 Å². The fraction of sp³-hybridized carbons (Fsp3) is 0.400. The molecule has 0 radical (unpaired) electrons. The molecule has 0 amide bonds. The van der Waals surface area contributed by atoms with Gasteiger partial charge in [0.2, 0.25) is 5.69 Å². The molecule has 0 saturated carbocycles. The third-order valence-corrected chi connectivity index (χ3v) is 2.58. The van der Waals surface area contributed by atoms with Gasteiger partial charge in [-0.05, 0) is 13.1 Å². The summed E-state index contributed by atoms with van der Waals surface area (Å²) in [5.41, 5.74) is 0.948. The monoisotopic (exact) mass is 209 g/mol. The van der Waals surface area contributed by atoms with Crippen LogP contribution in [-0.2, 0) is 11.3 Å². The van der Waals surface area contributed by atoms with Crippen molar-refractivity contribution in [2.75, 3.05) is 14.2 Å². The Morgan fingerprint density at radius 2 is 2.40 bits per heavy atom. The predicted octanol–water partition coefficient (Wildman–Crippen LogP) is 0.0113. The molecule has 1 aromatic rings. The van der Waals surface area contributed by atoms with E-state index in [1.807, 2.05) is 12.1 Å². The number of carboxylic acid groups (broad SMARTS) is 1. The average molecular weight is 209 g/mol. The molecule has 5 nitrogen and oxygen atoms in total. The number of hydrogen-bond donors (Lipinski definition) is 1. The zero-order chi connectivity index (χ0) is 11.0. The molecule has 1 aromatic heterocycles. The fourth-order valence-electron chi connectivity index (χ4n) is 1.95. The highest BCUT2D eigenvalue weighted by Gasteiger charge is 2.43. The number of likely N-dealkylation sites (N-methyl/N-ethyl adjacent to an activating group) is 1. The lowest BCUT2D eigenvalue weighted by Crippen LogP contribution is -2.47. The highest BCUT2D eigenvalue weighted by molar-refractivity contribution is 5.69. The topological polar surface area (TPSA) is 53.6 Å². The number of aromatic nitrogens is 1. The number of methoxy groups -OCH3 is 1. The molecule has 80 valence electrons. The summed E-state index contributed by atoms with van der Waals surface area (Å²) in [7, 11) is 3.32. The maximum Gasteiger partial charge on any atom is 0.390 e. The second kappa shape index (κ2) is 3.51. The highest BCUT2D eigenvalue weighted by atomic mass is 16.5. The quantitative estimate of drug-likeness (QED) is 0.697. The Bertz CT molecular complexity index is 406. The van der Waals surface area contributed by atoms with Crippen LogP contribution in [0.2, 0.25) is 0 Å². The molecule has 15 heavy (non-hydrogen) atoms. The van der Waals surface area contributed by atoms with Crippen molar-refractivity contribution in [3.05, 3.63) is 23.9 Å². The molecule has 0 fully saturated rings. The van der Waals surface area contributed by atoms with E-state index in [2.05, 4.69) is 0 Å². The van der Waals surface area contributed by atoms with E-state index in [0.29, 0.717) is 12.4 Å². The minimum absolute atomic E-state index is 0.573. The van der Waals surface area contributed by atoms with Crippen molar-refractivity contribution in [2.24, 2.45) is 0 Å². The Kier molecular flexibility index (Phi) is 2.32. The van der Waals surface area contributed by atoms with Crippen molar-refractivity contribution < 1.29 is 19.2 Å². The zero-order valence-corrected chi connectivity index (χ0v) is 8.67. The Morgan fingerprint density at radius 1 is 1.67 bits per heavy atom. The van der Waals surface area contributed by atoms with Gasteiger partial charge in [-0.3, -0.25) is 0 Å². The van der Waals surface area contributed by atoms with Gasteiger partial charge in [-0.15, -0.1) is 4.57 Å². The van der Waals surface area contributed by atoms with Crippen LogP contribution in [0.4, 0.5) is 0 Å². The van der Waals surface area contributed by atoms with Crippen LogP contribution < -0.4 is 9.30 Å². The van der Waals surface area contributed by atoms with E-state index in [-0.39, 0.29) is 0 Å². The molecule has 2 rings (SSSR count). The van der Waals surface area contributed by atoms with E-state index < -0.39 is 12.1 Å². The van der Waals surface area contributed by atoms with Crippen LogP contribution in [0, 0.1) is 0 Å².